The molecule has 1 aliphatic rings. The molecule has 1 saturated heterocycles. The van der Waals surface area contributed by atoms with E-state index in [1.165, 1.54) is 36.9 Å². The van der Waals surface area contributed by atoms with Gasteiger partial charge in [0.15, 0.2) is 24.1 Å². The van der Waals surface area contributed by atoms with Gasteiger partial charge in [-0.2, -0.15) is 18.2 Å². The van der Waals surface area contributed by atoms with E-state index < -0.39 is 60.1 Å². The quantitative estimate of drug-likeness (QED) is 0.197. The topological polar surface area (TPSA) is 152 Å². The van der Waals surface area contributed by atoms with Crippen molar-refractivity contribution in [1.29, 1.82) is 0 Å². The molecular formula is C26H25BrF3N5O8. The van der Waals surface area contributed by atoms with Crippen LogP contribution in [0, 0.1) is 0 Å². The fraction of sp³-hybridized carbons (Fsp3) is 0.423. The van der Waals surface area contributed by atoms with Gasteiger partial charge in [-0.1, -0.05) is 12.1 Å². The van der Waals surface area contributed by atoms with Crippen molar-refractivity contribution in [1.82, 2.24) is 19.5 Å². The molecule has 13 nitrogen and oxygen atoms in total. The number of rotatable bonds is 8. The van der Waals surface area contributed by atoms with Gasteiger partial charge in [-0.05, 0) is 33.6 Å². The third-order valence-corrected chi connectivity index (χ3v) is 6.78. The average molecular weight is 672 g/mol. The first-order valence-corrected chi connectivity index (χ1v) is 13.4. The van der Waals surface area contributed by atoms with Crippen molar-refractivity contribution in [3.8, 4) is 0 Å². The molecule has 230 valence electrons. The number of halogens is 4. The molecule has 0 N–H and O–H groups in total. The maximum Gasteiger partial charge on any atom is 0.416 e. The molecule has 3 heterocycles. The van der Waals surface area contributed by atoms with Crippen LogP contribution in [0.3, 0.4) is 0 Å². The van der Waals surface area contributed by atoms with Crippen molar-refractivity contribution in [2.75, 3.05) is 11.5 Å². The van der Waals surface area contributed by atoms with Crippen molar-refractivity contribution < 1.29 is 51.3 Å². The number of alkyl halides is 3. The number of hydrogen-bond donors (Lipinski definition) is 0. The van der Waals surface area contributed by atoms with E-state index in [1.54, 1.807) is 0 Å². The summed E-state index contributed by atoms with van der Waals surface area (Å²) in [7, 11) is 0. The van der Waals surface area contributed by atoms with Crippen LogP contribution >= 0.6 is 15.9 Å². The summed E-state index contributed by atoms with van der Waals surface area (Å²) in [6.45, 7) is 4.23. The van der Waals surface area contributed by atoms with Gasteiger partial charge < -0.3 is 18.9 Å². The van der Waals surface area contributed by atoms with Gasteiger partial charge in [0.1, 0.15) is 22.8 Å². The highest BCUT2D eigenvalue weighted by atomic mass is 79.9. The molecular weight excluding hydrogens is 647 g/mol. The smallest absolute Gasteiger partial charge is 0.416 e. The molecule has 17 heteroatoms. The Labute approximate surface area is 250 Å². The summed E-state index contributed by atoms with van der Waals surface area (Å²) in [6, 6.07) is 4.29. The highest BCUT2D eigenvalue weighted by Crippen LogP contribution is 2.37. The van der Waals surface area contributed by atoms with E-state index in [0.29, 0.717) is 5.56 Å². The van der Waals surface area contributed by atoms with Gasteiger partial charge in [-0.3, -0.25) is 28.6 Å². The summed E-state index contributed by atoms with van der Waals surface area (Å²) in [5.41, 5.74) is -0.136. The predicted octanol–water partition coefficient (Wildman–Crippen LogP) is 3.48. The summed E-state index contributed by atoms with van der Waals surface area (Å²) in [5.74, 6) is -2.68. The summed E-state index contributed by atoms with van der Waals surface area (Å²) < 4.78 is 62.5. The lowest BCUT2D eigenvalue weighted by Crippen LogP contribution is -2.40. The van der Waals surface area contributed by atoms with Gasteiger partial charge in [0.2, 0.25) is 11.9 Å². The Morgan fingerprint density at radius 3 is 2.16 bits per heavy atom. The first kappa shape index (κ1) is 31.8. The molecule has 1 aromatic carbocycles. The molecule has 1 aliphatic heterocycles. The zero-order valence-corrected chi connectivity index (χ0v) is 24.7. The summed E-state index contributed by atoms with van der Waals surface area (Å²) in [6.07, 6.45) is -7.85. The molecule has 0 bridgehead atoms. The largest absolute Gasteiger partial charge is 0.463 e. The van der Waals surface area contributed by atoms with Gasteiger partial charge in [-0.25, -0.2) is 9.97 Å². The molecule has 0 spiro atoms. The Bertz CT molecular complexity index is 1550. The number of ether oxygens (including phenoxy) is 4. The molecule has 4 rings (SSSR count). The van der Waals surface area contributed by atoms with E-state index in [9.17, 15) is 32.3 Å². The lowest BCUT2D eigenvalue weighted by atomic mass is 10.1. The van der Waals surface area contributed by atoms with Crippen LogP contribution in [-0.2, 0) is 50.8 Å². The van der Waals surface area contributed by atoms with E-state index >= 15 is 0 Å². The number of carbonyl (C=O) groups excluding carboxylic acids is 4. The van der Waals surface area contributed by atoms with Gasteiger partial charge in [0, 0.05) is 27.7 Å². The molecule has 3 aromatic rings. The summed E-state index contributed by atoms with van der Waals surface area (Å²) >= 11 is 3.31. The van der Waals surface area contributed by atoms with E-state index in [4.69, 9.17) is 18.9 Å². The van der Waals surface area contributed by atoms with E-state index in [2.05, 4.69) is 30.9 Å². The zero-order valence-electron chi connectivity index (χ0n) is 23.1. The fourth-order valence-corrected chi connectivity index (χ4v) is 4.84. The first-order valence-electron chi connectivity index (χ1n) is 12.6. The number of imidazole rings is 1. The minimum atomic E-state index is -4.52. The van der Waals surface area contributed by atoms with Crippen LogP contribution in [-0.4, -0.2) is 68.3 Å². The second-order valence-corrected chi connectivity index (χ2v) is 10.2. The molecule has 0 aliphatic carbocycles. The Morgan fingerprint density at radius 1 is 0.977 bits per heavy atom. The number of benzene rings is 1. The highest BCUT2D eigenvalue weighted by molar-refractivity contribution is 9.10. The van der Waals surface area contributed by atoms with E-state index in [-0.39, 0.29) is 34.9 Å². The van der Waals surface area contributed by atoms with Crippen LogP contribution in [0.25, 0.3) is 11.2 Å². The van der Waals surface area contributed by atoms with Crippen LogP contribution in [0.15, 0.2) is 35.2 Å². The molecule has 0 unspecified atom stereocenters. The van der Waals surface area contributed by atoms with Crippen LogP contribution < -0.4 is 4.90 Å². The Kier molecular flexibility index (Phi) is 9.34. The van der Waals surface area contributed by atoms with Crippen LogP contribution in [0.4, 0.5) is 19.1 Å². The zero-order chi connectivity index (χ0) is 31.6. The Morgan fingerprint density at radius 2 is 1.60 bits per heavy atom. The van der Waals surface area contributed by atoms with Crippen LogP contribution in [0.2, 0.25) is 0 Å². The van der Waals surface area contributed by atoms with Crippen molar-refractivity contribution in [3.05, 3.63) is 46.3 Å². The molecule has 1 fully saturated rings. The third kappa shape index (κ3) is 7.27. The molecule has 43 heavy (non-hydrogen) atoms. The normalized spacial score (nSPS) is 20.1. The number of amides is 1. The SMILES string of the molecule is CC(=O)OC[C@H]1O[C@@H](n2cnc3c(Br)nc(N(Cc4ccc(C(F)(F)F)cc4)C(C)=O)nc32)[C@H](OC(C)=O)[C@@H]1OC(C)=O. The van der Waals surface area contributed by atoms with E-state index in [0.717, 1.165) is 30.9 Å². The summed E-state index contributed by atoms with van der Waals surface area (Å²) in [5, 5.41) is 0. The lowest BCUT2D eigenvalue weighted by molar-refractivity contribution is -0.166. The minimum absolute atomic E-state index is 0.104. The number of esters is 3. The number of anilines is 1. The Balaban J connectivity index is 1.74. The lowest BCUT2D eigenvalue weighted by Gasteiger charge is -2.24. The second kappa shape index (κ2) is 12.6. The maximum atomic E-state index is 13.0. The standard InChI is InChI=1S/C26H25BrF3N5O8/c1-12(36)34(9-16-5-7-17(8-6-16)26(28,29)30)25-32-22(27)19-23(33-25)35(11-31-19)24-21(42-15(4)39)20(41-14(3)38)18(43-24)10-40-13(2)37/h5-8,11,18,20-21,24H,9-10H2,1-4H3/t18-,20-,21-,24-/m1/s1. The van der Waals surface area contributed by atoms with Crippen molar-refractivity contribution in [2.45, 2.75) is 65.0 Å². The average Bonchev–Trinajstić information content (AvgIpc) is 3.46. The van der Waals surface area contributed by atoms with Crippen LogP contribution in [0.1, 0.15) is 45.0 Å². The molecule has 1 amide bonds. The molecule has 0 saturated carbocycles. The first-order chi connectivity index (χ1) is 20.1. The van der Waals surface area contributed by atoms with Crippen LogP contribution in [0.5, 0.6) is 0 Å². The highest BCUT2D eigenvalue weighted by Gasteiger charge is 2.51. The predicted molar refractivity (Wildman–Crippen MR) is 143 cm³/mol. The van der Waals surface area contributed by atoms with Crippen molar-refractivity contribution >= 4 is 56.9 Å². The maximum absolute atomic E-state index is 13.0. The van der Waals surface area contributed by atoms with Gasteiger partial charge >= 0.3 is 24.1 Å². The summed E-state index contributed by atoms with van der Waals surface area (Å²) in [4.78, 5) is 62.3. The van der Waals surface area contributed by atoms with Crippen molar-refractivity contribution in [2.24, 2.45) is 0 Å². The fourth-order valence-electron chi connectivity index (χ4n) is 4.40. The monoisotopic (exact) mass is 671 g/mol. The molecule has 2 aromatic heterocycles. The third-order valence-electron chi connectivity index (χ3n) is 6.23. The number of aromatic nitrogens is 4. The second-order valence-electron chi connectivity index (χ2n) is 9.45. The van der Waals surface area contributed by atoms with Crippen molar-refractivity contribution in [3.63, 3.8) is 0 Å². The molecule has 0 radical (unpaired) electrons. The number of carbonyl (C=O) groups is 4. The van der Waals surface area contributed by atoms with Gasteiger partial charge in [0.05, 0.1) is 18.4 Å². The molecule has 4 atom stereocenters. The number of hydrogen-bond acceptors (Lipinski definition) is 11. The minimum Gasteiger partial charge on any atom is -0.463 e. The Hall–Kier alpha value is -4.12. The number of nitrogens with zero attached hydrogens (tertiary/aromatic N) is 5. The number of fused-ring (bicyclic) bond motifs is 1. The van der Waals surface area contributed by atoms with E-state index in [1.807, 2.05) is 0 Å². The van der Waals surface area contributed by atoms with Gasteiger partial charge in [-0.15, -0.1) is 0 Å². The van der Waals surface area contributed by atoms with Gasteiger partial charge in [0.25, 0.3) is 0 Å².